The first kappa shape index (κ1) is 19.4. The van der Waals surface area contributed by atoms with Crippen molar-refractivity contribution < 1.29 is 18.5 Å². The van der Waals surface area contributed by atoms with Crippen LogP contribution in [-0.2, 0) is 16.1 Å². The number of nitrogens with one attached hydrogen (secondary N) is 1. The fourth-order valence-electron chi connectivity index (χ4n) is 1.88. The minimum atomic E-state index is -2.21. The Bertz CT molecular complexity index is 783. The highest BCUT2D eigenvalue weighted by molar-refractivity contribution is 9.10. The van der Waals surface area contributed by atoms with Crippen LogP contribution in [0.25, 0.3) is 0 Å². The van der Waals surface area contributed by atoms with Crippen molar-refractivity contribution in [3.63, 3.8) is 0 Å². The Morgan fingerprint density at radius 3 is 2.68 bits per heavy atom. The van der Waals surface area contributed by atoms with Crippen LogP contribution in [0.1, 0.15) is 12.8 Å². The minimum Gasteiger partial charge on any atom is -0.302 e. The van der Waals surface area contributed by atoms with Crippen LogP contribution in [0, 0.1) is 10.1 Å². The number of aromatic nitrogens is 1. The van der Waals surface area contributed by atoms with Gasteiger partial charge in [-0.25, -0.2) is 9.19 Å². The zero-order valence-electron chi connectivity index (χ0n) is 12.6. The third kappa shape index (κ3) is 5.85. The molecule has 2 N–H and O–H groups in total. The molecule has 1 aromatic heterocycles. The number of thiazole rings is 1. The van der Waals surface area contributed by atoms with Crippen molar-refractivity contribution in [2.24, 2.45) is 0 Å². The maximum absolute atomic E-state index is 11.8. The summed E-state index contributed by atoms with van der Waals surface area (Å²) in [6.07, 6.45) is 1.48. The second-order valence-corrected chi connectivity index (χ2v) is 7.55. The van der Waals surface area contributed by atoms with Crippen molar-refractivity contribution in [3.8, 4) is 0 Å². The lowest BCUT2D eigenvalue weighted by atomic mass is 10.2. The van der Waals surface area contributed by atoms with Gasteiger partial charge in [0, 0.05) is 17.4 Å². The zero-order valence-corrected chi connectivity index (χ0v) is 15.8. The first-order valence-corrected chi connectivity index (χ1v) is 9.58. The van der Waals surface area contributed by atoms with Crippen LogP contribution in [0.2, 0.25) is 0 Å². The van der Waals surface area contributed by atoms with E-state index in [2.05, 4.69) is 26.2 Å². The smallest absolute Gasteiger partial charge is 0.302 e. The molecule has 1 aromatic carbocycles. The molecule has 0 aliphatic heterocycles. The number of nitro groups is 1. The van der Waals surface area contributed by atoms with E-state index >= 15 is 0 Å². The number of rotatable bonds is 8. The average molecular weight is 449 g/mol. The number of benzene rings is 1. The van der Waals surface area contributed by atoms with Crippen molar-refractivity contribution in [2.45, 2.75) is 12.8 Å². The van der Waals surface area contributed by atoms with Crippen molar-refractivity contribution in [3.05, 3.63) is 45.0 Å². The van der Waals surface area contributed by atoms with Gasteiger partial charge in [-0.1, -0.05) is 15.9 Å². The molecule has 2 aromatic rings. The molecule has 1 heterocycles. The summed E-state index contributed by atoms with van der Waals surface area (Å²) >= 11 is 1.84. The van der Waals surface area contributed by atoms with Gasteiger partial charge in [0.2, 0.25) is 5.91 Å². The Morgan fingerprint density at radius 2 is 2.12 bits per heavy atom. The molecule has 0 saturated carbocycles. The number of anilines is 2. The third-order valence-corrected chi connectivity index (χ3v) is 5.15. The number of nitrogens with zero attached hydrogens (tertiary/aromatic N) is 3. The molecule has 0 aliphatic rings. The Hall–Kier alpha value is -1.89. The summed E-state index contributed by atoms with van der Waals surface area (Å²) in [5.74, 6) is -0.372. The monoisotopic (exact) mass is 448 g/mol. The Kier molecular flexibility index (Phi) is 6.99. The van der Waals surface area contributed by atoms with E-state index in [-0.39, 0.29) is 29.0 Å². The standard InChI is InChI=1S/C13H13BrN4O5S2/c14-9-3-5-10(6-4-9)17(25(22)23)7-1-2-11(19)16-13-15-8-12(24-13)18(20)21/h3-6,8H,1-2,7H2,(H,22,23)(H,15,16,19). The largest absolute Gasteiger partial charge is 0.345 e. The van der Waals surface area contributed by atoms with Gasteiger partial charge in [0.25, 0.3) is 11.3 Å². The van der Waals surface area contributed by atoms with Crippen LogP contribution in [0.5, 0.6) is 0 Å². The molecule has 134 valence electrons. The fourth-order valence-corrected chi connectivity index (χ4v) is 3.38. The summed E-state index contributed by atoms with van der Waals surface area (Å²) in [5.41, 5.74) is 0.556. The van der Waals surface area contributed by atoms with Crippen LogP contribution in [-0.4, -0.2) is 31.1 Å². The quantitative estimate of drug-likeness (QED) is 0.362. The highest BCUT2D eigenvalue weighted by Gasteiger charge is 2.15. The maximum Gasteiger partial charge on any atom is 0.345 e. The SMILES string of the molecule is O=C(CCCN(c1ccc(Br)cc1)S(=O)O)Nc1ncc([N+](=O)[O-])s1. The van der Waals surface area contributed by atoms with E-state index in [1.54, 1.807) is 24.3 Å². The lowest BCUT2D eigenvalue weighted by molar-refractivity contribution is -0.380. The maximum atomic E-state index is 11.8. The second-order valence-electron chi connectivity index (χ2n) is 4.72. The summed E-state index contributed by atoms with van der Waals surface area (Å²) in [6, 6.07) is 6.87. The number of carbonyl (C=O) groups is 1. The van der Waals surface area contributed by atoms with E-state index in [1.807, 2.05) is 0 Å². The van der Waals surface area contributed by atoms with E-state index < -0.39 is 16.2 Å². The molecule has 0 bridgehead atoms. The normalized spacial score (nSPS) is 11.8. The highest BCUT2D eigenvalue weighted by Crippen LogP contribution is 2.25. The van der Waals surface area contributed by atoms with Gasteiger partial charge in [0.15, 0.2) is 5.13 Å². The number of hydrogen-bond acceptors (Lipinski definition) is 6. The predicted octanol–water partition coefficient (Wildman–Crippen LogP) is 3.18. The van der Waals surface area contributed by atoms with Crippen LogP contribution in [0.4, 0.5) is 15.8 Å². The summed E-state index contributed by atoms with van der Waals surface area (Å²) in [7, 11) is 0. The summed E-state index contributed by atoms with van der Waals surface area (Å²) in [4.78, 5) is 25.6. The Morgan fingerprint density at radius 1 is 1.44 bits per heavy atom. The molecule has 1 unspecified atom stereocenters. The van der Waals surface area contributed by atoms with Gasteiger partial charge >= 0.3 is 5.00 Å². The average Bonchev–Trinajstić information content (AvgIpc) is 3.01. The number of hydrogen-bond donors (Lipinski definition) is 2. The van der Waals surface area contributed by atoms with E-state index in [9.17, 15) is 23.7 Å². The van der Waals surface area contributed by atoms with Gasteiger partial charge < -0.3 is 5.32 Å². The molecule has 0 saturated heterocycles. The number of carbonyl (C=O) groups excluding carboxylic acids is 1. The third-order valence-electron chi connectivity index (χ3n) is 2.99. The van der Waals surface area contributed by atoms with Crippen molar-refractivity contribution in [1.82, 2.24) is 4.98 Å². The number of halogens is 1. The molecular formula is C13H13BrN4O5S2. The first-order valence-electron chi connectivity index (χ1n) is 6.91. The lowest BCUT2D eigenvalue weighted by Crippen LogP contribution is -2.27. The molecule has 9 nitrogen and oxygen atoms in total. The van der Waals surface area contributed by atoms with Crippen LogP contribution >= 0.6 is 27.3 Å². The Balaban J connectivity index is 1.86. The van der Waals surface area contributed by atoms with Crippen molar-refractivity contribution in [1.29, 1.82) is 0 Å². The van der Waals surface area contributed by atoms with Gasteiger partial charge in [0.1, 0.15) is 6.20 Å². The topological polar surface area (TPSA) is 126 Å². The predicted molar refractivity (Wildman–Crippen MR) is 98.9 cm³/mol. The van der Waals surface area contributed by atoms with Crippen LogP contribution < -0.4 is 9.62 Å². The number of amides is 1. The molecule has 25 heavy (non-hydrogen) atoms. The van der Waals surface area contributed by atoms with Gasteiger partial charge in [-0.05, 0) is 42.0 Å². The molecule has 0 spiro atoms. The molecule has 0 fully saturated rings. The molecule has 1 amide bonds. The summed E-state index contributed by atoms with van der Waals surface area (Å²) < 4.78 is 23.0. The van der Waals surface area contributed by atoms with E-state index in [1.165, 1.54) is 4.31 Å². The van der Waals surface area contributed by atoms with Crippen molar-refractivity contribution in [2.75, 3.05) is 16.2 Å². The second kappa shape index (κ2) is 8.99. The minimum absolute atomic E-state index is 0.0810. The van der Waals surface area contributed by atoms with E-state index in [0.717, 1.165) is 22.0 Å². The van der Waals surface area contributed by atoms with Gasteiger partial charge in [-0.3, -0.25) is 23.8 Å². The lowest BCUT2D eigenvalue weighted by Gasteiger charge is -2.19. The first-order chi connectivity index (χ1) is 11.9. The summed E-state index contributed by atoms with van der Waals surface area (Å²) in [5, 5.41) is 13.0. The van der Waals surface area contributed by atoms with Gasteiger partial charge in [-0.2, -0.15) is 0 Å². The zero-order chi connectivity index (χ0) is 18.4. The van der Waals surface area contributed by atoms with Crippen molar-refractivity contribution >= 4 is 60.3 Å². The fraction of sp³-hybridized carbons (Fsp3) is 0.231. The van der Waals surface area contributed by atoms with Crippen LogP contribution in [0.3, 0.4) is 0 Å². The van der Waals surface area contributed by atoms with Gasteiger partial charge in [-0.15, -0.1) is 0 Å². The molecule has 1 atom stereocenters. The van der Waals surface area contributed by atoms with Gasteiger partial charge in [0.05, 0.1) is 10.6 Å². The molecule has 2 rings (SSSR count). The molecule has 12 heteroatoms. The van der Waals surface area contributed by atoms with E-state index in [4.69, 9.17) is 0 Å². The Labute approximate surface area is 157 Å². The summed E-state index contributed by atoms with van der Waals surface area (Å²) in [6.45, 7) is 0.191. The highest BCUT2D eigenvalue weighted by atomic mass is 79.9. The van der Waals surface area contributed by atoms with E-state index in [0.29, 0.717) is 12.1 Å². The molecular weight excluding hydrogens is 436 g/mol. The van der Waals surface area contributed by atoms with Crippen LogP contribution in [0.15, 0.2) is 34.9 Å². The molecule has 0 aliphatic carbocycles. The molecule has 0 radical (unpaired) electrons.